The molecule has 0 unspecified atom stereocenters. The minimum atomic E-state index is -1.39. The summed E-state index contributed by atoms with van der Waals surface area (Å²) in [6.45, 7) is 0.313. The molecule has 0 heterocycles. The van der Waals surface area contributed by atoms with E-state index in [1.54, 1.807) is 24.3 Å². The maximum atomic E-state index is 11.8. The summed E-state index contributed by atoms with van der Waals surface area (Å²) in [4.78, 5) is 11.8. The number of amides is 1. The molecule has 1 aromatic carbocycles. The summed E-state index contributed by atoms with van der Waals surface area (Å²) in [7, 11) is 0. The highest BCUT2D eigenvalue weighted by atomic mass is 16.3. The van der Waals surface area contributed by atoms with Gasteiger partial charge >= 0.3 is 0 Å². The molecule has 0 bridgehead atoms. The number of carbonyl (C=O) groups excluding carboxylic acids is 1. The van der Waals surface area contributed by atoms with Crippen LogP contribution < -0.4 is 5.32 Å². The van der Waals surface area contributed by atoms with Crippen molar-refractivity contribution in [2.24, 2.45) is 0 Å². The number of benzene rings is 1. The van der Waals surface area contributed by atoms with Crippen LogP contribution in [-0.2, 0) is 0 Å². The van der Waals surface area contributed by atoms with E-state index >= 15 is 0 Å². The van der Waals surface area contributed by atoms with Crippen LogP contribution in [0.4, 0.5) is 0 Å². The van der Waals surface area contributed by atoms with Crippen LogP contribution in [0.5, 0.6) is 0 Å². The van der Waals surface area contributed by atoms with Gasteiger partial charge in [-0.3, -0.25) is 4.79 Å². The second-order valence-electron chi connectivity index (χ2n) is 4.07. The minimum absolute atomic E-state index is 0.412. The van der Waals surface area contributed by atoms with E-state index in [1.165, 1.54) is 0 Å². The lowest BCUT2D eigenvalue weighted by molar-refractivity contribution is 0.0375. The van der Waals surface area contributed by atoms with Crippen LogP contribution in [0.15, 0.2) is 24.3 Å². The molecule has 0 atom stereocenters. The summed E-state index contributed by atoms with van der Waals surface area (Å²) in [6, 6.07) is 6.85. The molecule has 1 rings (SSSR count). The van der Waals surface area contributed by atoms with Gasteiger partial charge in [-0.05, 0) is 19.1 Å². The number of aryl methyl sites for hydroxylation is 1. The molecule has 1 aromatic rings. The van der Waals surface area contributed by atoms with E-state index in [9.17, 15) is 4.79 Å². The first-order valence-corrected chi connectivity index (χ1v) is 5.28. The van der Waals surface area contributed by atoms with E-state index in [2.05, 4.69) is 5.32 Å². The lowest BCUT2D eigenvalue weighted by atomic mass is 10.0. The monoisotopic (exact) mass is 239 g/mol. The average molecular weight is 239 g/mol. The second-order valence-corrected chi connectivity index (χ2v) is 4.07. The Morgan fingerprint density at radius 2 is 1.59 bits per heavy atom. The number of rotatable bonds is 5. The van der Waals surface area contributed by atoms with Crippen molar-refractivity contribution in [1.82, 2.24) is 5.32 Å². The number of aliphatic hydroxyl groups excluding tert-OH is 3. The molecule has 0 aromatic heterocycles. The molecule has 0 saturated heterocycles. The number of aliphatic hydroxyl groups is 3. The molecule has 4 N–H and O–H groups in total. The highest BCUT2D eigenvalue weighted by molar-refractivity contribution is 5.94. The summed E-state index contributed by atoms with van der Waals surface area (Å²) in [5, 5.41) is 29.7. The van der Waals surface area contributed by atoms with Crippen molar-refractivity contribution in [3.05, 3.63) is 35.4 Å². The first kappa shape index (κ1) is 13.6. The zero-order valence-electron chi connectivity index (χ0n) is 9.68. The highest BCUT2D eigenvalue weighted by Gasteiger charge is 2.30. The molecule has 5 nitrogen and oxygen atoms in total. The van der Waals surface area contributed by atoms with Crippen LogP contribution in [0, 0.1) is 6.92 Å². The molecule has 0 saturated carbocycles. The van der Waals surface area contributed by atoms with Gasteiger partial charge in [0.15, 0.2) is 0 Å². The van der Waals surface area contributed by atoms with Gasteiger partial charge in [0, 0.05) is 5.56 Å². The van der Waals surface area contributed by atoms with Crippen molar-refractivity contribution in [3.63, 3.8) is 0 Å². The van der Waals surface area contributed by atoms with Gasteiger partial charge < -0.3 is 20.6 Å². The summed E-state index contributed by atoms with van der Waals surface area (Å²) in [6.07, 6.45) is 0. The fourth-order valence-electron chi connectivity index (χ4n) is 1.29. The zero-order chi connectivity index (χ0) is 12.9. The van der Waals surface area contributed by atoms with Crippen LogP contribution in [-0.4, -0.2) is 46.6 Å². The molecule has 0 aliphatic rings. The smallest absolute Gasteiger partial charge is 0.251 e. The van der Waals surface area contributed by atoms with Gasteiger partial charge in [-0.15, -0.1) is 0 Å². The van der Waals surface area contributed by atoms with Crippen molar-refractivity contribution in [3.8, 4) is 0 Å². The van der Waals surface area contributed by atoms with Gasteiger partial charge in [0.05, 0.1) is 19.8 Å². The Bertz CT molecular complexity index is 362. The maximum absolute atomic E-state index is 11.8. The van der Waals surface area contributed by atoms with Gasteiger partial charge in [-0.1, -0.05) is 17.7 Å². The summed E-state index contributed by atoms with van der Waals surface area (Å²) >= 11 is 0. The zero-order valence-corrected chi connectivity index (χ0v) is 9.68. The quantitative estimate of drug-likeness (QED) is 0.554. The van der Waals surface area contributed by atoms with Gasteiger partial charge in [0.2, 0.25) is 0 Å². The molecule has 94 valence electrons. The number of carbonyl (C=O) groups is 1. The molecule has 5 heteroatoms. The fraction of sp³-hybridized carbons (Fsp3) is 0.417. The third kappa shape index (κ3) is 3.26. The highest BCUT2D eigenvalue weighted by Crippen LogP contribution is 2.07. The van der Waals surface area contributed by atoms with Crippen LogP contribution in [0.1, 0.15) is 15.9 Å². The summed E-state index contributed by atoms with van der Waals surface area (Å²) in [5.41, 5.74) is 0.0525. The molecular weight excluding hydrogens is 222 g/mol. The SMILES string of the molecule is Cc1ccc(C(=O)NC(CO)(CO)CO)cc1. The number of hydrogen-bond donors (Lipinski definition) is 4. The Kier molecular flexibility index (Phi) is 4.62. The fourth-order valence-corrected chi connectivity index (χ4v) is 1.29. The van der Waals surface area contributed by atoms with E-state index in [0.717, 1.165) is 5.56 Å². The standard InChI is InChI=1S/C12H17NO4/c1-9-2-4-10(5-3-9)11(17)13-12(6-14,7-15)8-16/h2-5,14-16H,6-8H2,1H3,(H,13,17). The van der Waals surface area contributed by atoms with E-state index in [0.29, 0.717) is 5.56 Å². The van der Waals surface area contributed by atoms with E-state index < -0.39 is 31.3 Å². The molecule has 1 amide bonds. The topological polar surface area (TPSA) is 89.8 Å². The Morgan fingerprint density at radius 3 is 2.00 bits per heavy atom. The molecule has 0 aliphatic heterocycles. The lowest BCUT2D eigenvalue weighted by Gasteiger charge is -2.28. The van der Waals surface area contributed by atoms with Gasteiger partial charge in [-0.2, -0.15) is 0 Å². The lowest BCUT2D eigenvalue weighted by Crippen LogP contribution is -2.57. The largest absolute Gasteiger partial charge is 0.394 e. The maximum Gasteiger partial charge on any atom is 0.251 e. The second kappa shape index (κ2) is 5.77. The van der Waals surface area contributed by atoms with E-state index in [1.807, 2.05) is 6.92 Å². The molecule has 0 aliphatic carbocycles. The van der Waals surface area contributed by atoms with Crippen molar-refractivity contribution < 1.29 is 20.1 Å². The third-order valence-corrected chi connectivity index (χ3v) is 2.60. The van der Waals surface area contributed by atoms with Gasteiger partial charge in [-0.25, -0.2) is 0 Å². The Hall–Kier alpha value is -1.43. The third-order valence-electron chi connectivity index (χ3n) is 2.60. The molecule has 0 fully saturated rings. The number of nitrogens with one attached hydrogen (secondary N) is 1. The van der Waals surface area contributed by atoms with Crippen LogP contribution in [0.3, 0.4) is 0 Å². The van der Waals surface area contributed by atoms with E-state index in [4.69, 9.17) is 15.3 Å². The summed E-state index contributed by atoms with van der Waals surface area (Å²) < 4.78 is 0. The van der Waals surface area contributed by atoms with Crippen molar-refractivity contribution in [1.29, 1.82) is 0 Å². The Morgan fingerprint density at radius 1 is 1.12 bits per heavy atom. The van der Waals surface area contributed by atoms with Gasteiger partial charge in [0.1, 0.15) is 5.54 Å². The normalized spacial score (nSPS) is 11.3. The molecular formula is C12H17NO4. The van der Waals surface area contributed by atoms with Crippen molar-refractivity contribution in [2.45, 2.75) is 12.5 Å². The molecule has 0 radical (unpaired) electrons. The van der Waals surface area contributed by atoms with Crippen LogP contribution >= 0.6 is 0 Å². The predicted molar refractivity (Wildman–Crippen MR) is 62.6 cm³/mol. The van der Waals surface area contributed by atoms with Crippen molar-refractivity contribution >= 4 is 5.91 Å². The Labute approximate surface area is 99.7 Å². The minimum Gasteiger partial charge on any atom is -0.394 e. The first-order valence-electron chi connectivity index (χ1n) is 5.28. The predicted octanol–water partition coefficient (Wildman–Crippen LogP) is -0.559. The first-order chi connectivity index (χ1) is 8.06. The van der Waals surface area contributed by atoms with Crippen LogP contribution in [0.25, 0.3) is 0 Å². The van der Waals surface area contributed by atoms with E-state index in [-0.39, 0.29) is 0 Å². The average Bonchev–Trinajstić information content (AvgIpc) is 2.37. The molecule has 17 heavy (non-hydrogen) atoms. The number of hydrogen-bond acceptors (Lipinski definition) is 4. The Balaban J connectivity index is 2.81. The van der Waals surface area contributed by atoms with Crippen LogP contribution in [0.2, 0.25) is 0 Å². The van der Waals surface area contributed by atoms with Crippen molar-refractivity contribution in [2.75, 3.05) is 19.8 Å². The summed E-state index contributed by atoms with van der Waals surface area (Å²) in [5.74, 6) is -0.442. The van der Waals surface area contributed by atoms with Gasteiger partial charge in [0.25, 0.3) is 5.91 Å². The molecule has 0 spiro atoms.